The molecule has 0 amide bonds. The Hall–Kier alpha value is -1.58. The Morgan fingerprint density at radius 3 is 2.62 bits per heavy atom. The predicted octanol–water partition coefficient (Wildman–Crippen LogP) is 3.19. The van der Waals surface area contributed by atoms with Crippen molar-refractivity contribution in [1.82, 2.24) is 19.7 Å². The quantitative estimate of drug-likeness (QED) is 0.721. The molecule has 0 saturated heterocycles. The van der Waals surface area contributed by atoms with Gasteiger partial charge in [0.2, 0.25) is 0 Å². The molecule has 0 fully saturated rings. The highest BCUT2D eigenvalue weighted by Gasteiger charge is 2.40. The molecule has 0 aliphatic rings. The topological polar surface area (TPSA) is 54.2 Å². The third kappa shape index (κ3) is 4.57. The summed E-state index contributed by atoms with van der Waals surface area (Å²) in [6.45, 7) is 7.18. The van der Waals surface area contributed by atoms with Crippen molar-refractivity contribution in [1.29, 1.82) is 0 Å². The van der Waals surface area contributed by atoms with E-state index in [4.69, 9.17) is 12.2 Å². The Morgan fingerprint density at radius 1 is 1.38 bits per heavy atom. The van der Waals surface area contributed by atoms with Crippen molar-refractivity contribution >= 4 is 28.3 Å². The van der Waals surface area contributed by atoms with Crippen molar-refractivity contribution < 1.29 is 13.9 Å². The van der Waals surface area contributed by atoms with Crippen LogP contribution in [0.4, 0.5) is 8.78 Å². The SMILES string of the molecule is CCN(CC)C(=S)SC(C)C(O)(Cn1cncn1)c1ccc(F)cc1F. The van der Waals surface area contributed by atoms with Gasteiger partial charge in [-0.05, 0) is 26.8 Å². The second-order valence-electron chi connectivity index (χ2n) is 5.84. The van der Waals surface area contributed by atoms with Crippen molar-refractivity contribution in [3.05, 3.63) is 48.1 Å². The van der Waals surface area contributed by atoms with Gasteiger partial charge in [-0.2, -0.15) is 5.10 Å². The van der Waals surface area contributed by atoms with E-state index in [0.717, 1.165) is 25.2 Å². The summed E-state index contributed by atoms with van der Waals surface area (Å²) in [6, 6.07) is 3.16. The molecule has 2 atom stereocenters. The molecule has 142 valence electrons. The van der Waals surface area contributed by atoms with Crippen LogP contribution in [0, 0.1) is 11.6 Å². The molecule has 0 spiro atoms. The van der Waals surface area contributed by atoms with E-state index >= 15 is 0 Å². The molecule has 1 aromatic carbocycles. The first-order valence-corrected chi connectivity index (χ1v) is 9.56. The number of thioether (sulfide) groups is 1. The van der Waals surface area contributed by atoms with E-state index in [-0.39, 0.29) is 12.1 Å². The van der Waals surface area contributed by atoms with Crippen LogP contribution < -0.4 is 0 Å². The molecule has 2 unspecified atom stereocenters. The van der Waals surface area contributed by atoms with E-state index < -0.39 is 22.5 Å². The Bertz CT molecular complexity index is 740. The lowest BCUT2D eigenvalue weighted by Gasteiger charge is -2.35. The van der Waals surface area contributed by atoms with Gasteiger partial charge < -0.3 is 10.0 Å². The van der Waals surface area contributed by atoms with Crippen LogP contribution in [0.5, 0.6) is 0 Å². The van der Waals surface area contributed by atoms with Gasteiger partial charge in [0.25, 0.3) is 0 Å². The van der Waals surface area contributed by atoms with Gasteiger partial charge >= 0.3 is 0 Å². The number of aliphatic hydroxyl groups is 1. The van der Waals surface area contributed by atoms with Crippen LogP contribution >= 0.6 is 24.0 Å². The summed E-state index contributed by atoms with van der Waals surface area (Å²) in [5, 5.41) is 14.9. The molecule has 2 rings (SSSR count). The molecule has 0 saturated carbocycles. The fourth-order valence-electron chi connectivity index (χ4n) is 2.64. The van der Waals surface area contributed by atoms with Gasteiger partial charge in [0.15, 0.2) is 0 Å². The maximum Gasteiger partial charge on any atom is 0.137 e. The lowest BCUT2D eigenvalue weighted by molar-refractivity contribution is 0.0135. The van der Waals surface area contributed by atoms with Crippen LogP contribution in [-0.2, 0) is 12.1 Å². The zero-order valence-corrected chi connectivity index (χ0v) is 16.5. The zero-order chi connectivity index (χ0) is 19.3. The second-order valence-corrected chi connectivity index (χ2v) is 7.81. The second kappa shape index (κ2) is 8.88. The summed E-state index contributed by atoms with van der Waals surface area (Å²) in [6.07, 6.45) is 2.77. The van der Waals surface area contributed by atoms with Gasteiger partial charge in [-0.15, -0.1) is 0 Å². The molecule has 2 aromatic rings. The summed E-state index contributed by atoms with van der Waals surface area (Å²) in [4.78, 5) is 5.84. The zero-order valence-electron chi connectivity index (χ0n) is 14.9. The van der Waals surface area contributed by atoms with Gasteiger partial charge in [0.05, 0.1) is 6.54 Å². The Morgan fingerprint density at radius 2 is 2.08 bits per heavy atom. The first-order valence-electron chi connectivity index (χ1n) is 8.27. The Labute approximate surface area is 161 Å². The van der Waals surface area contributed by atoms with Crippen molar-refractivity contribution in [2.24, 2.45) is 0 Å². The third-order valence-corrected chi connectivity index (χ3v) is 5.99. The molecule has 0 aliphatic carbocycles. The normalized spacial score (nSPS) is 14.7. The minimum absolute atomic E-state index is 0.00301. The Kier molecular flexibility index (Phi) is 7.08. The van der Waals surface area contributed by atoms with Crippen LogP contribution in [0.15, 0.2) is 30.9 Å². The van der Waals surface area contributed by atoms with E-state index in [0.29, 0.717) is 4.32 Å². The fourth-order valence-corrected chi connectivity index (χ4v) is 4.44. The molecule has 26 heavy (non-hydrogen) atoms. The molecule has 1 N–H and O–H groups in total. The van der Waals surface area contributed by atoms with Crippen molar-refractivity contribution in [2.75, 3.05) is 13.1 Å². The summed E-state index contributed by atoms with van der Waals surface area (Å²) >= 11 is 6.74. The molecular weight excluding hydrogens is 378 g/mol. The first kappa shape index (κ1) is 20.7. The van der Waals surface area contributed by atoms with Gasteiger partial charge in [0, 0.05) is 30.0 Å². The highest BCUT2D eigenvalue weighted by atomic mass is 32.2. The minimum Gasteiger partial charge on any atom is -0.382 e. The highest BCUT2D eigenvalue weighted by molar-refractivity contribution is 8.23. The standard InChI is InChI=1S/C17H22F2N4OS2/c1-4-22(5-2)16(25)26-12(3)17(24,9-23-11-20-10-21-23)14-7-6-13(18)8-15(14)19/h6-8,10-12,24H,4-5,9H2,1-3H3. The number of rotatable bonds is 7. The van der Waals surface area contributed by atoms with Crippen LogP contribution in [0.2, 0.25) is 0 Å². The summed E-state index contributed by atoms with van der Waals surface area (Å²) in [7, 11) is 0. The largest absolute Gasteiger partial charge is 0.382 e. The first-order chi connectivity index (χ1) is 12.3. The number of benzene rings is 1. The lowest BCUT2D eigenvalue weighted by atomic mass is 9.90. The van der Waals surface area contributed by atoms with Gasteiger partial charge in [-0.25, -0.2) is 18.4 Å². The van der Waals surface area contributed by atoms with Crippen LogP contribution in [0.1, 0.15) is 26.3 Å². The molecule has 5 nitrogen and oxygen atoms in total. The van der Waals surface area contributed by atoms with Crippen LogP contribution in [0.3, 0.4) is 0 Å². The lowest BCUT2D eigenvalue weighted by Crippen LogP contribution is -2.43. The fraction of sp³-hybridized carbons (Fsp3) is 0.471. The molecule has 1 heterocycles. The van der Waals surface area contributed by atoms with Crippen molar-refractivity contribution in [3.63, 3.8) is 0 Å². The van der Waals surface area contributed by atoms with Gasteiger partial charge in [-0.3, -0.25) is 0 Å². The summed E-state index contributed by atoms with van der Waals surface area (Å²) in [5.74, 6) is -1.51. The minimum atomic E-state index is -1.66. The monoisotopic (exact) mass is 400 g/mol. The third-order valence-electron chi connectivity index (χ3n) is 4.24. The van der Waals surface area contributed by atoms with E-state index in [2.05, 4.69) is 10.1 Å². The molecule has 1 aromatic heterocycles. The summed E-state index contributed by atoms with van der Waals surface area (Å²) in [5.41, 5.74) is -1.66. The number of nitrogens with zero attached hydrogens (tertiary/aromatic N) is 4. The average molecular weight is 401 g/mol. The van der Waals surface area contributed by atoms with E-state index in [1.807, 2.05) is 18.7 Å². The number of halogens is 2. The highest BCUT2D eigenvalue weighted by Crippen LogP contribution is 2.37. The van der Waals surface area contributed by atoms with E-state index in [9.17, 15) is 13.9 Å². The van der Waals surface area contributed by atoms with Crippen LogP contribution in [-0.4, -0.2) is 47.4 Å². The molecule has 0 radical (unpaired) electrons. The van der Waals surface area contributed by atoms with E-state index in [1.165, 1.54) is 35.2 Å². The van der Waals surface area contributed by atoms with Crippen molar-refractivity contribution in [2.45, 2.75) is 38.2 Å². The van der Waals surface area contributed by atoms with Gasteiger partial charge in [-0.1, -0.05) is 30.0 Å². The maximum absolute atomic E-state index is 14.5. The molecule has 0 aliphatic heterocycles. The smallest absolute Gasteiger partial charge is 0.137 e. The number of hydrogen-bond acceptors (Lipinski definition) is 5. The predicted molar refractivity (Wildman–Crippen MR) is 103 cm³/mol. The molecule has 0 bridgehead atoms. The molecular formula is C17H22F2N4OS2. The van der Waals surface area contributed by atoms with Gasteiger partial charge in [0.1, 0.15) is 34.2 Å². The van der Waals surface area contributed by atoms with Crippen molar-refractivity contribution in [3.8, 4) is 0 Å². The number of hydrogen-bond donors (Lipinski definition) is 1. The number of thiocarbonyl (C=S) groups is 1. The summed E-state index contributed by atoms with van der Waals surface area (Å²) < 4.78 is 29.8. The van der Waals surface area contributed by atoms with E-state index in [1.54, 1.807) is 6.92 Å². The molecule has 9 heteroatoms. The number of aromatic nitrogens is 3. The van der Waals surface area contributed by atoms with Crippen LogP contribution in [0.25, 0.3) is 0 Å². The maximum atomic E-state index is 14.5. The Balaban J connectivity index is 2.38. The average Bonchev–Trinajstić information content (AvgIpc) is 3.08.